The van der Waals surface area contributed by atoms with Gasteiger partial charge in [-0.1, -0.05) is 43.2 Å². The molecule has 2 N–H and O–H groups in total. The van der Waals surface area contributed by atoms with Crippen molar-refractivity contribution in [1.29, 1.82) is 0 Å². The molecule has 3 rings (SSSR count). The Balaban J connectivity index is 1.41. The van der Waals surface area contributed by atoms with Gasteiger partial charge in [-0.25, -0.2) is 0 Å². The zero-order chi connectivity index (χ0) is 17.7. The van der Waals surface area contributed by atoms with Crippen molar-refractivity contribution in [3.63, 3.8) is 0 Å². The van der Waals surface area contributed by atoms with Crippen LogP contribution in [-0.4, -0.2) is 41.6 Å². The number of piperidine rings is 1. The van der Waals surface area contributed by atoms with Crippen LogP contribution in [0.1, 0.15) is 57.4 Å². The fraction of sp³-hybridized carbons (Fsp3) is 0.667. The van der Waals surface area contributed by atoms with Crippen LogP contribution in [0.3, 0.4) is 0 Å². The van der Waals surface area contributed by atoms with Gasteiger partial charge in [0.15, 0.2) is 0 Å². The number of amides is 1. The molecule has 2 aliphatic rings. The fourth-order valence-corrected chi connectivity index (χ4v) is 4.31. The van der Waals surface area contributed by atoms with Gasteiger partial charge in [0.1, 0.15) is 0 Å². The average Bonchev–Trinajstić information content (AvgIpc) is 3.10. The Labute approximate surface area is 151 Å². The molecular weight excluding hydrogens is 312 g/mol. The third kappa shape index (κ3) is 5.29. The predicted molar refractivity (Wildman–Crippen MR) is 100 cm³/mol. The molecule has 2 fully saturated rings. The Morgan fingerprint density at radius 1 is 1.16 bits per heavy atom. The number of aliphatic hydroxyl groups is 1. The molecule has 1 aliphatic carbocycles. The molecule has 1 aliphatic heterocycles. The highest BCUT2D eigenvalue weighted by Gasteiger charge is 2.29. The van der Waals surface area contributed by atoms with Crippen LogP contribution in [0.25, 0.3) is 0 Å². The molecule has 138 valence electrons. The van der Waals surface area contributed by atoms with Gasteiger partial charge in [-0.2, -0.15) is 0 Å². The summed E-state index contributed by atoms with van der Waals surface area (Å²) >= 11 is 0. The van der Waals surface area contributed by atoms with E-state index in [4.69, 9.17) is 0 Å². The van der Waals surface area contributed by atoms with Gasteiger partial charge in [0, 0.05) is 25.7 Å². The minimum Gasteiger partial charge on any atom is -0.385 e. The lowest BCUT2D eigenvalue weighted by atomic mass is 9.92. The number of rotatable bonds is 6. The Bertz CT molecular complexity index is 544. The molecule has 0 spiro atoms. The van der Waals surface area contributed by atoms with Gasteiger partial charge in [0.2, 0.25) is 5.91 Å². The van der Waals surface area contributed by atoms with Crippen molar-refractivity contribution in [1.82, 2.24) is 10.2 Å². The Morgan fingerprint density at radius 3 is 2.44 bits per heavy atom. The first kappa shape index (κ1) is 18.4. The summed E-state index contributed by atoms with van der Waals surface area (Å²) in [6.45, 7) is 5.11. The van der Waals surface area contributed by atoms with Crippen LogP contribution in [0.4, 0.5) is 0 Å². The molecule has 0 radical (unpaired) electrons. The number of carbonyl (C=O) groups excluding carboxylic acids is 1. The second-order valence-corrected chi connectivity index (χ2v) is 8.11. The van der Waals surface area contributed by atoms with Crippen LogP contribution in [0.15, 0.2) is 30.3 Å². The summed E-state index contributed by atoms with van der Waals surface area (Å²) in [4.78, 5) is 14.9. The molecule has 1 saturated heterocycles. The zero-order valence-electron chi connectivity index (χ0n) is 15.4. The van der Waals surface area contributed by atoms with E-state index in [0.717, 1.165) is 37.4 Å². The number of carbonyl (C=O) groups is 1. The van der Waals surface area contributed by atoms with Crippen LogP contribution in [0.5, 0.6) is 0 Å². The smallest absolute Gasteiger partial charge is 0.223 e. The third-order valence-corrected chi connectivity index (χ3v) is 5.84. The Kier molecular flexibility index (Phi) is 6.13. The molecule has 1 saturated carbocycles. The van der Waals surface area contributed by atoms with Crippen LogP contribution >= 0.6 is 0 Å². The Morgan fingerprint density at radius 2 is 1.80 bits per heavy atom. The molecule has 1 unspecified atom stereocenters. The van der Waals surface area contributed by atoms with E-state index in [1.807, 2.05) is 30.3 Å². The van der Waals surface area contributed by atoms with Crippen LogP contribution in [0, 0.1) is 5.92 Å². The van der Waals surface area contributed by atoms with E-state index in [-0.39, 0.29) is 18.4 Å². The fourth-order valence-electron chi connectivity index (χ4n) is 4.31. The second-order valence-electron chi connectivity index (χ2n) is 8.11. The largest absolute Gasteiger partial charge is 0.385 e. The maximum Gasteiger partial charge on any atom is 0.223 e. The topological polar surface area (TPSA) is 52.6 Å². The van der Waals surface area contributed by atoms with Gasteiger partial charge >= 0.3 is 0 Å². The molecule has 0 aromatic heterocycles. The molecular formula is C21H32N2O2. The minimum absolute atomic E-state index is 0.0527. The van der Waals surface area contributed by atoms with Crippen molar-refractivity contribution in [3.05, 3.63) is 35.9 Å². The van der Waals surface area contributed by atoms with Crippen molar-refractivity contribution in [2.24, 2.45) is 5.92 Å². The SMILES string of the molecule is CC(O)(CC(=O)NC1CCN(CC2CCCC2)CC1)c1ccccc1. The van der Waals surface area contributed by atoms with E-state index in [2.05, 4.69) is 10.2 Å². The number of likely N-dealkylation sites (tertiary alicyclic amines) is 1. The standard InChI is InChI=1S/C21H32N2O2/c1-21(25,18-9-3-2-4-10-18)15-20(24)22-19-11-13-23(14-12-19)16-17-7-5-6-8-17/h2-4,9-10,17,19,25H,5-8,11-16H2,1H3,(H,22,24). The third-order valence-electron chi connectivity index (χ3n) is 5.84. The summed E-state index contributed by atoms with van der Waals surface area (Å²) in [7, 11) is 0. The van der Waals surface area contributed by atoms with Gasteiger partial charge in [-0.15, -0.1) is 0 Å². The molecule has 1 amide bonds. The van der Waals surface area contributed by atoms with Crippen molar-refractivity contribution in [2.75, 3.05) is 19.6 Å². The summed E-state index contributed by atoms with van der Waals surface area (Å²) in [5.41, 5.74) is -0.328. The highest BCUT2D eigenvalue weighted by molar-refractivity contribution is 5.77. The van der Waals surface area contributed by atoms with Gasteiger partial charge in [0.05, 0.1) is 12.0 Å². The highest BCUT2D eigenvalue weighted by Crippen LogP contribution is 2.27. The minimum atomic E-state index is -1.12. The lowest BCUT2D eigenvalue weighted by Crippen LogP contribution is -2.46. The maximum absolute atomic E-state index is 12.4. The van der Waals surface area contributed by atoms with Gasteiger partial charge < -0.3 is 15.3 Å². The lowest BCUT2D eigenvalue weighted by Gasteiger charge is -2.34. The quantitative estimate of drug-likeness (QED) is 0.834. The maximum atomic E-state index is 12.4. The summed E-state index contributed by atoms with van der Waals surface area (Å²) in [5, 5.41) is 13.8. The first-order chi connectivity index (χ1) is 12.0. The van der Waals surface area contributed by atoms with Crippen molar-refractivity contribution < 1.29 is 9.90 Å². The van der Waals surface area contributed by atoms with Crippen molar-refractivity contribution in [2.45, 2.75) is 63.5 Å². The first-order valence-corrected chi connectivity index (χ1v) is 9.82. The number of hydrogen-bond donors (Lipinski definition) is 2. The number of nitrogens with zero attached hydrogens (tertiary/aromatic N) is 1. The molecule has 4 nitrogen and oxygen atoms in total. The highest BCUT2D eigenvalue weighted by atomic mass is 16.3. The van der Waals surface area contributed by atoms with E-state index in [1.165, 1.54) is 32.2 Å². The molecule has 1 aromatic rings. The predicted octanol–water partition coefficient (Wildman–Crippen LogP) is 3.06. The van der Waals surface area contributed by atoms with E-state index in [0.29, 0.717) is 0 Å². The number of hydrogen-bond acceptors (Lipinski definition) is 3. The molecule has 1 aromatic carbocycles. The molecule has 0 bridgehead atoms. The lowest BCUT2D eigenvalue weighted by molar-refractivity contribution is -0.126. The summed E-state index contributed by atoms with van der Waals surface area (Å²) in [6.07, 6.45) is 7.74. The van der Waals surface area contributed by atoms with Gasteiger partial charge in [0.25, 0.3) is 0 Å². The molecule has 1 atom stereocenters. The van der Waals surface area contributed by atoms with E-state index < -0.39 is 5.60 Å². The van der Waals surface area contributed by atoms with Crippen LogP contribution in [0.2, 0.25) is 0 Å². The van der Waals surface area contributed by atoms with Gasteiger partial charge in [-0.05, 0) is 44.1 Å². The van der Waals surface area contributed by atoms with Crippen molar-refractivity contribution in [3.8, 4) is 0 Å². The van der Waals surface area contributed by atoms with Gasteiger partial charge in [-0.3, -0.25) is 4.79 Å². The monoisotopic (exact) mass is 344 g/mol. The number of nitrogens with one attached hydrogen (secondary N) is 1. The van der Waals surface area contributed by atoms with Crippen LogP contribution < -0.4 is 5.32 Å². The summed E-state index contributed by atoms with van der Waals surface area (Å²) in [5.74, 6) is 0.843. The molecule has 1 heterocycles. The van der Waals surface area contributed by atoms with Crippen LogP contribution in [-0.2, 0) is 10.4 Å². The average molecular weight is 344 g/mol. The first-order valence-electron chi connectivity index (χ1n) is 9.82. The van der Waals surface area contributed by atoms with Crippen molar-refractivity contribution >= 4 is 5.91 Å². The molecule has 25 heavy (non-hydrogen) atoms. The van der Waals surface area contributed by atoms with E-state index >= 15 is 0 Å². The normalized spacial score (nSPS) is 22.6. The summed E-state index contributed by atoms with van der Waals surface area (Å²) in [6, 6.07) is 9.69. The molecule has 4 heteroatoms. The zero-order valence-corrected chi connectivity index (χ0v) is 15.4. The van der Waals surface area contributed by atoms with E-state index in [9.17, 15) is 9.90 Å². The second kappa shape index (κ2) is 8.33. The number of benzene rings is 1. The van der Waals surface area contributed by atoms with E-state index in [1.54, 1.807) is 6.92 Å². The Hall–Kier alpha value is -1.39. The summed E-state index contributed by atoms with van der Waals surface area (Å²) < 4.78 is 0.